The molecule has 1 aliphatic heterocycles. The van der Waals surface area contributed by atoms with Crippen molar-refractivity contribution >= 4 is 29.5 Å². The molecule has 0 bridgehead atoms. The number of para-hydroxylation sites is 1. The zero-order valence-electron chi connectivity index (χ0n) is 19.8. The van der Waals surface area contributed by atoms with Gasteiger partial charge in [-0.2, -0.15) is 0 Å². The number of anilines is 1. The molecule has 9 nitrogen and oxygen atoms in total. The third-order valence-corrected chi connectivity index (χ3v) is 5.08. The molecule has 0 radical (unpaired) electrons. The molecule has 1 aromatic rings. The maximum absolute atomic E-state index is 13.1. The van der Waals surface area contributed by atoms with Gasteiger partial charge in [0.1, 0.15) is 5.92 Å². The van der Waals surface area contributed by atoms with Gasteiger partial charge in [-0.3, -0.25) is 9.59 Å². The van der Waals surface area contributed by atoms with Gasteiger partial charge in [0.05, 0.1) is 24.4 Å². The zero-order valence-corrected chi connectivity index (χ0v) is 19.8. The molecule has 178 valence electrons. The molecular weight excluding hydrogens is 428 g/mol. The highest BCUT2D eigenvalue weighted by Crippen LogP contribution is 2.32. The molecule has 1 aromatic carbocycles. The van der Waals surface area contributed by atoms with E-state index >= 15 is 0 Å². The Kier molecular flexibility index (Phi) is 8.78. The molecule has 1 aliphatic rings. The summed E-state index contributed by atoms with van der Waals surface area (Å²) in [6, 6.07) is 5.57. The first-order valence-electron chi connectivity index (χ1n) is 10.7. The van der Waals surface area contributed by atoms with Crippen molar-refractivity contribution in [1.82, 2.24) is 5.32 Å². The second-order valence-electron chi connectivity index (χ2n) is 7.50. The van der Waals surface area contributed by atoms with Crippen LogP contribution in [0, 0.1) is 19.8 Å². The lowest BCUT2D eigenvalue weighted by atomic mass is 9.85. The van der Waals surface area contributed by atoms with E-state index in [2.05, 4.69) is 10.6 Å². The Labute approximate surface area is 193 Å². The van der Waals surface area contributed by atoms with Crippen LogP contribution in [0.25, 0.3) is 0 Å². The number of ether oxygens (including phenoxy) is 3. The van der Waals surface area contributed by atoms with Crippen LogP contribution in [0.1, 0.15) is 38.8 Å². The second kappa shape index (κ2) is 11.3. The highest BCUT2D eigenvalue weighted by molar-refractivity contribution is 6.06. The van der Waals surface area contributed by atoms with Gasteiger partial charge in [-0.25, -0.2) is 9.59 Å². The van der Waals surface area contributed by atoms with Crippen molar-refractivity contribution in [2.45, 2.75) is 41.5 Å². The van der Waals surface area contributed by atoms with Gasteiger partial charge in [-0.15, -0.1) is 0 Å². The van der Waals surface area contributed by atoms with Gasteiger partial charge in [0, 0.05) is 17.1 Å². The number of allylic oxidation sites excluding steroid dienone is 2. The molecule has 0 spiro atoms. The molecule has 2 N–H and O–H groups in total. The average molecular weight is 459 g/mol. The lowest BCUT2D eigenvalue weighted by molar-refractivity contribution is -0.153. The van der Waals surface area contributed by atoms with E-state index in [-0.39, 0.29) is 24.4 Å². The standard InChI is InChI=1S/C24H30N2O7/c1-7-31-22(28)18-15(5)25-16(6)19(23(29)32-8-2)20(18)24(30)33-12-17(27)26-21-13(3)10-9-11-14(21)4/h9-11,20,25H,7-8,12H2,1-6H3,(H,26,27). The molecular formula is C24H30N2O7. The minimum atomic E-state index is -1.39. The SMILES string of the molecule is CCOC(=O)C1=C(C)NC(C)=C(C(=O)OCC)C1C(=O)OCC(=O)Nc1c(C)cccc1C. The number of nitrogens with one attached hydrogen (secondary N) is 2. The van der Waals surface area contributed by atoms with E-state index in [9.17, 15) is 19.2 Å². The summed E-state index contributed by atoms with van der Waals surface area (Å²) in [7, 11) is 0. The van der Waals surface area contributed by atoms with Crippen LogP contribution in [0.5, 0.6) is 0 Å². The van der Waals surface area contributed by atoms with Crippen molar-refractivity contribution in [3.05, 3.63) is 51.9 Å². The van der Waals surface area contributed by atoms with Crippen molar-refractivity contribution in [1.29, 1.82) is 0 Å². The molecule has 0 saturated carbocycles. The molecule has 33 heavy (non-hydrogen) atoms. The Morgan fingerprint density at radius 3 is 1.79 bits per heavy atom. The number of amides is 1. The lowest BCUT2D eigenvalue weighted by Crippen LogP contribution is -2.39. The smallest absolute Gasteiger partial charge is 0.337 e. The monoisotopic (exact) mass is 458 g/mol. The number of dihydropyridines is 1. The molecule has 0 aromatic heterocycles. The van der Waals surface area contributed by atoms with Gasteiger partial charge in [-0.05, 0) is 52.7 Å². The molecule has 2 rings (SSSR count). The van der Waals surface area contributed by atoms with Crippen LogP contribution in [-0.4, -0.2) is 43.6 Å². The van der Waals surface area contributed by atoms with Crippen LogP contribution < -0.4 is 10.6 Å². The van der Waals surface area contributed by atoms with Crippen molar-refractivity contribution in [3.63, 3.8) is 0 Å². The van der Waals surface area contributed by atoms with Crippen LogP contribution in [0.15, 0.2) is 40.7 Å². The summed E-state index contributed by atoms with van der Waals surface area (Å²) in [6.45, 7) is 9.69. The van der Waals surface area contributed by atoms with Gasteiger partial charge in [0.2, 0.25) is 0 Å². The first-order valence-corrected chi connectivity index (χ1v) is 10.7. The van der Waals surface area contributed by atoms with Gasteiger partial charge >= 0.3 is 17.9 Å². The van der Waals surface area contributed by atoms with E-state index < -0.39 is 36.3 Å². The molecule has 0 aliphatic carbocycles. The fraction of sp³-hybridized carbons (Fsp3) is 0.417. The van der Waals surface area contributed by atoms with Gasteiger partial charge in [-0.1, -0.05) is 18.2 Å². The summed E-state index contributed by atoms with van der Waals surface area (Å²) in [5, 5.41) is 5.65. The Morgan fingerprint density at radius 2 is 1.33 bits per heavy atom. The molecule has 1 amide bonds. The van der Waals surface area contributed by atoms with Crippen LogP contribution in [-0.2, 0) is 33.4 Å². The van der Waals surface area contributed by atoms with E-state index in [1.54, 1.807) is 27.7 Å². The fourth-order valence-electron chi connectivity index (χ4n) is 3.60. The van der Waals surface area contributed by atoms with Crippen molar-refractivity contribution in [3.8, 4) is 0 Å². The second-order valence-corrected chi connectivity index (χ2v) is 7.50. The number of benzene rings is 1. The number of hydrogen-bond donors (Lipinski definition) is 2. The normalized spacial score (nSPS) is 13.9. The molecule has 0 unspecified atom stereocenters. The highest BCUT2D eigenvalue weighted by Gasteiger charge is 2.42. The topological polar surface area (TPSA) is 120 Å². The van der Waals surface area contributed by atoms with Gasteiger partial charge in [0.25, 0.3) is 5.91 Å². The lowest BCUT2D eigenvalue weighted by Gasteiger charge is -2.28. The van der Waals surface area contributed by atoms with Crippen molar-refractivity contribution < 1.29 is 33.4 Å². The Balaban J connectivity index is 2.29. The average Bonchev–Trinajstić information content (AvgIpc) is 2.74. The van der Waals surface area contributed by atoms with Crippen LogP contribution in [0.2, 0.25) is 0 Å². The number of hydrogen-bond acceptors (Lipinski definition) is 8. The van der Waals surface area contributed by atoms with Crippen molar-refractivity contribution in [2.75, 3.05) is 25.1 Å². The van der Waals surface area contributed by atoms with Gasteiger partial charge in [0.15, 0.2) is 6.61 Å². The Bertz CT molecular complexity index is 963. The minimum Gasteiger partial charge on any atom is -0.463 e. The summed E-state index contributed by atoms with van der Waals surface area (Å²) in [5.74, 6) is -4.40. The summed E-state index contributed by atoms with van der Waals surface area (Å²) in [5.41, 5.74) is 2.92. The summed E-state index contributed by atoms with van der Waals surface area (Å²) in [6.07, 6.45) is 0. The zero-order chi connectivity index (χ0) is 24.7. The maximum Gasteiger partial charge on any atom is 0.337 e. The summed E-state index contributed by atoms with van der Waals surface area (Å²) < 4.78 is 15.4. The number of carbonyl (C=O) groups is 4. The van der Waals surface area contributed by atoms with Crippen LogP contribution >= 0.6 is 0 Å². The molecule has 1 heterocycles. The molecule has 0 atom stereocenters. The first kappa shape index (κ1) is 25.6. The van der Waals surface area contributed by atoms with E-state index in [0.717, 1.165) is 11.1 Å². The van der Waals surface area contributed by atoms with E-state index in [1.165, 1.54) is 0 Å². The Hall–Kier alpha value is -3.62. The summed E-state index contributed by atoms with van der Waals surface area (Å²) >= 11 is 0. The van der Waals surface area contributed by atoms with Gasteiger partial charge < -0.3 is 24.8 Å². The Morgan fingerprint density at radius 1 is 0.848 bits per heavy atom. The number of aryl methyl sites for hydroxylation is 2. The highest BCUT2D eigenvalue weighted by atomic mass is 16.5. The minimum absolute atomic E-state index is 0.0642. The number of esters is 3. The summed E-state index contributed by atoms with van der Waals surface area (Å²) in [4.78, 5) is 50.8. The molecule has 0 fully saturated rings. The van der Waals surface area contributed by atoms with E-state index in [0.29, 0.717) is 17.1 Å². The molecule has 9 heteroatoms. The van der Waals surface area contributed by atoms with Crippen LogP contribution in [0.4, 0.5) is 5.69 Å². The van der Waals surface area contributed by atoms with Crippen molar-refractivity contribution in [2.24, 2.45) is 5.92 Å². The predicted octanol–water partition coefficient (Wildman–Crippen LogP) is 2.68. The van der Waals surface area contributed by atoms with E-state index in [4.69, 9.17) is 14.2 Å². The largest absolute Gasteiger partial charge is 0.463 e. The molecule has 0 saturated heterocycles. The van der Waals surface area contributed by atoms with E-state index in [1.807, 2.05) is 32.0 Å². The fourth-order valence-corrected chi connectivity index (χ4v) is 3.60. The first-order chi connectivity index (χ1) is 15.6. The third-order valence-electron chi connectivity index (χ3n) is 5.08. The quantitative estimate of drug-likeness (QED) is 0.451. The number of rotatable bonds is 8. The predicted molar refractivity (Wildman–Crippen MR) is 121 cm³/mol. The third kappa shape index (κ3) is 6.00. The maximum atomic E-state index is 13.1. The number of carbonyl (C=O) groups excluding carboxylic acids is 4. The van der Waals surface area contributed by atoms with Crippen LogP contribution in [0.3, 0.4) is 0 Å².